The molecular weight excluding hydrogens is 602 g/mol. The van der Waals surface area contributed by atoms with E-state index in [0.717, 1.165) is 48.5 Å². The summed E-state index contributed by atoms with van der Waals surface area (Å²) in [6.45, 7) is 4.69. The Hall–Kier alpha value is -4.88. The van der Waals surface area contributed by atoms with Crippen molar-refractivity contribution in [2.24, 2.45) is 7.05 Å². The number of unbranched alkanes of at least 4 members (excludes halogenated alkanes) is 2. The molecule has 0 spiro atoms. The molecule has 0 saturated heterocycles. The van der Waals surface area contributed by atoms with Crippen LogP contribution in [0.25, 0.3) is 11.5 Å². The predicted molar refractivity (Wildman–Crippen MR) is 176 cm³/mol. The van der Waals surface area contributed by atoms with E-state index in [1.807, 2.05) is 61.0 Å². The molecule has 2 aromatic heterocycles. The van der Waals surface area contributed by atoms with E-state index in [2.05, 4.69) is 35.5 Å². The van der Waals surface area contributed by atoms with E-state index in [-0.39, 0.29) is 24.5 Å². The fourth-order valence-electron chi connectivity index (χ4n) is 4.60. The molecule has 4 aromatic rings. The lowest BCUT2D eigenvalue weighted by Gasteiger charge is -2.16. The average molecular weight is 646 g/mol. The normalized spacial score (nSPS) is 11.6. The van der Waals surface area contributed by atoms with Crippen LogP contribution in [0.4, 0.5) is 5.69 Å². The Kier molecular flexibility index (Phi) is 14.1. The highest BCUT2D eigenvalue weighted by Gasteiger charge is 2.14. The Morgan fingerprint density at radius 2 is 1.72 bits per heavy atom. The molecule has 13 nitrogen and oxygen atoms in total. The van der Waals surface area contributed by atoms with Gasteiger partial charge in [-0.15, -0.1) is 10.2 Å². The van der Waals surface area contributed by atoms with Crippen LogP contribution in [0.5, 0.6) is 5.75 Å². The Morgan fingerprint density at radius 1 is 0.915 bits per heavy atom. The fourth-order valence-corrected chi connectivity index (χ4v) is 4.60. The van der Waals surface area contributed by atoms with E-state index in [9.17, 15) is 9.59 Å². The van der Waals surface area contributed by atoms with Crippen molar-refractivity contribution in [3.8, 4) is 17.3 Å². The Bertz CT molecular complexity index is 1550. The number of benzene rings is 2. The number of hydrogen-bond acceptors (Lipinski definition) is 11. The molecule has 2 heterocycles. The summed E-state index contributed by atoms with van der Waals surface area (Å²) in [6.07, 6.45) is 6.71. The van der Waals surface area contributed by atoms with Crippen molar-refractivity contribution in [3.63, 3.8) is 0 Å². The molecule has 0 aliphatic rings. The number of esters is 1. The van der Waals surface area contributed by atoms with Crippen LogP contribution in [0.2, 0.25) is 0 Å². The number of nitrogens with zero attached hydrogens (tertiary/aromatic N) is 5. The summed E-state index contributed by atoms with van der Waals surface area (Å²) in [7, 11) is 3.22. The van der Waals surface area contributed by atoms with Gasteiger partial charge in [-0.25, -0.2) is 14.8 Å². The van der Waals surface area contributed by atoms with E-state index in [4.69, 9.17) is 14.2 Å². The first-order valence-corrected chi connectivity index (χ1v) is 15.7. The van der Waals surface area contributed by atoms with Gasteiger partial charge in [0.25, 0.3) is 5.91 Å². The second kappa shape index (κ2) is 18.9. The van der Waals surface area contributed by atoms with Gasteiger partial charge in [0, 0.05) is 44.3 Å². The topological polar surface area (TPSA) is 152 Å². The maximum Gasteiger partial charge on any atom is 0.331 e. The first kappa shape index (κ1) is 35.0. The van der Waals surface area contributed by atoms with Crippen molar-refractivity contribution in [1.82, 2.24) is 30.0 Å². The second-order valence-electron chi connectivity index (χ2n) is 10.8. The van der Waals surface area contributed by atoms with Gasteiger partial charge < -0.3 is 34.1 Å². The molecule has 1 atom stereocenters. The van der Waals surface area contributed by atoms with E-state index in [0.29, 0.717) is 50.1 Å². The van der Waals surface area contributed by atoms with Crippen LogP contribution in [-0.4, -0.2) is 76.8 Å². The smallest absolute Gasteiger partial charge is 0.331 e. The summed E-state index contributed by atoms with van der Waals surface area (Å²) >= 11 is 0. The standard InChI is InChI=1S/C34H43N7O6/c1-25(26-10-8-13-29(21-26)47-19-6-4-5-16-45-17-9-18-46-23-32(42)44-3)38-34(43)27-11-7-12-28(20-27)36-22-31-39-40-33(41(31)2)30-14-15-35-24-37-30/h7-8,10-15,20-21,24-25,36H,4-6,9,16-19,22-23H2,1-3H3,(H,38,43)/t25-/m1/s1. The number of rotatable bonds is 20. The molecule has 0 saturated carbocycles. The highest BCUT2D eigenvalue weighted by molar-refractivity contribution is 5.95. The van der Waals surface area contributed by atoms with Crippen LogP contribution in [0, 0.1) is 0 Å². The van der Waals surface area contributed by atoms with Crippen molar-refractivity contribution in [3.05, 3.63) is 84.1 Å². The summed E-state index contributed by atoms with van der Waals surface area (Å²) in [5, 5.41) is 15.0. The van der Waals surface area contributed by atoms with E-state index in [1.165, 1.54) is 13.4 Å². The SMILES string of the molecule is COC(=O)COCCCOCCCCCOc1cccc([C@@H](C)NC(=O)c2cccc(NCc3nnc(-c4ccncn4)n3C)c2)c1. The van der Waals surface area contributed by atoms with Gasteiger partial charge in [0.1, 0.15) is 24.4 Å². The number of aromatic nitrogens is 5. The lowest BCUT2D eigenvalue weighted by atomic mass is 10.1. The molecule has 0 aliphatic carbocycles. The minimum atomic E-state index is -0.376. The highest BCUT2D eigenvalue weighted by atomic mass is 16.6. The minimum Gasteiger partial charge on any atom is -0.494 e. The zero-order valence-electron chi connectivity index (χ0n) is 27.2. The summed E-state index contributed by atoms with van der Waals surface area (Å²) in [4.78, 5) is 32.3. The lowest BCUT2D eigenvalue weighted by molar-refractivity contribution is -0.146. The predicted octanol–water partition coefficient (Wildman–Crippen LogP) is 4.52. The molecule has 0 unspecified atom stereocenters. The van der Waals surface area contributed by atoms with Crippen LogP contribution < -0.4 is 15.4 Å². The van der Waals surface area contributed by atoms with Gasteiger partial charge in [-0.2, -0.15) is 0 Å². The Morgan fingerprint density at radius 3 is 2.55 bits per heavy atom. The number of ether oxygens (including phenoxy) is 4. The van der Waals surface area contributed by atoms with Crippen molar-refractivity contribution in [2.45, 2.75) is 45.2 Å². The van der Waals surface area contributed by atoms with Crippen LogP contribution in [-0.2, 0) is 32.6 Å². The number of anilines is 1. The number of methoxy groups -OCH3 is 1. The van der Waals surface area contributed by atoms with Crippen LogP contribution in [0.3, 0.4) is 0 Å². The van der Waals surface area contributed by atoms with E-state index in [1.54, 1.807) is 18.3 Å². The largest absolute Gasteiger partial charge is 0.494 e. The molecule has 4 rings (SSSR count). The van der Waals surface area contributed by atoms with Gasteiger partial charge in [0.05, 0.1) is 26.3 Å². The van der Waals surface area contributed by atoms with Gasteiger partial charge in [0.2, 0.25) is 0 Å². The van der Waals surface area contributed by atoms with Gasteiger partial charge >= 0.3 is 5.97 Å². The molecule has 250 valence electrons. The molecule has 1 amide bonds. The quantitative estimate of drug-likeness (QED) is 0.103. The monoisotopic (exact) mass is 645 g/mol. The third-order valence-corrected chi connectivity index (χ3v) is 7.28. The molecule has 0 radical (unpaired) electrons. The summed E-state index contributed by atoms with van der Waals surface area (Å²) in [6, 6.07) is 16.7. The zero-order valence-corrected chi connectivity index (χ0v) is 27.2. The van der Waals surface area contributed by atoms with Gasteiger partial charge in [-0.3, -0.25) is 4.79 Å². The first-order chi connectivity index (χ1) is 22.9. The van der Waals surface area contributed by atoms with Crippen molar-refractivity contribution in [2.75, 3.05) is 45.5 Å². The third-order valence-electron chi connectivity index (χ3n) is 7.28. The molecule has 0 bridgehead atoms. The molecule has 0 aliphatic heterocycles. The molecular formula is C34H43N7O6. The number of carbonyl (C=O) groups excluding carboxylic acids is 2. The number of amides is 1. The number of nitrogens with one attached hydrogen (secondary N) is 2. The molecule has 2 N–H and O–H groups in total. The van der Waals surface area contributed by atoms with Crippen LogP contribution >= 0.6 is 0 Å². The number of hydrogen-bond donors (Lipinski definition) is 2. The summed E-state index contributed by atoms with van der Waals surface area (Å²) in [5.41, 5.74) is 2.99. The lowest BCUT2D eigenvalue weighted by Crippen LogP contribution is -2.26. The first-order valence-electron chi connectivity index (χ1n) is 15.7. The molecule has 47 heavy (non-hydrogen) atoms. The van der Waals surface area contributed by atoms with Gasteiger partial charge in [-0.1, -0.05) is 18.2 Å². The minimum absolute atomic E-state index is 0.0269. The molecule has 2 aromatic carbocycles. The summed E-state index contributed by atoms with van der Waals surface area (Å²) < 4.78 is 23.2. The fraction of sp³-hybridized carbons (Fsp3) is 0.412. The Balaban J connectivity index is 1.15. The number of carbonyl (C=O) groups is 2. The van der Waals surface area contributed by atoms with Crippen molar-refractivity contribution >= 4 is 17.6 Å². The van der Waals surface area contributed by atoms with E-state index >= 15 is 0 Å². The van der Waals surface area contributed by atoms with E-state index < -0.39 is 0 Å². The highest BCUT2D eigenvalue weighted by Crippen LogP contribution is 2.21. The average Bonchev–Trinajstić information content (AvgIpc) is 3.47. The van der Waals surface area contributed by atoms with Crippen LogP contribution in [0.15, 0.2) is 67.1 Å². The maximum absolute atomic E-state index is 13.1. The second-order valence-corrected chi connectivity index (χ2v) is 10.8. The zero-order chi connectivity index (χ0) is 33.3. The maximum atomic E-state index is 13.1. The summed E-state index contributed by atoms with van der Waals surface area (Å²) in [5.74, 6) is 1.60. The van der Waals surface area contributed by atoms with Gasteiger partial charge in [-0.05, 0) is 74.6 Å². The molecule has 0 fully saturated rings. The Labute approximate surface area is 275 Å². The van der Waals surface area contributed by atoms with Crippen molar-refractivity contribution < 1.29 is 28.5 Å². The third kappa shape index (κ3) is 11.5. The van der Waals surface area contributed by atoms with Crippen molar-refractivity contribution in [1.29, 1.82) is 0 Å². The molecule has 13 heteroatoms. The van der Waals surface area contributed by atoms with Gasteiger partial charge in [0.15, 0.2) is 11.6 Å². The van der Waals surface area contributed by atoms with Crippen LogP contribution in [0.1, 0.15) is 60.4 Å².